The first-order chi connectivity index (χ1) is 24.8. The van der Waals surface area contributed by atoms with Gasteiger partial charge in [0.2, 0.25) is 0 Å². The van der Waals surface area contributed by atoms with Gasteiger partial charge in [0.1, 0.15) is 0 Å². The largest absolute Gasteiger partial charge is 0.308 e. The van der Waals surface area contributed by atoms with Crippen molar-refractivity contribution in [3.63, 3.8) is 0 Å². The summed E-state index contributed by atoms with van der Waals surface area (Å²) in [7, 11) is 0. The van der Waals surface area contributed by atoms with Crippen LogP contribution in [0, 0.1) is 0 Å². The molecular formula is C46H32N4. The highest BCUT2D eigenvalue weighted by atomic mass is 15.0. The van der Waals surface area contributed by atoms with Gasteiger partial charge in [-0.25, -0.2) is 0 Å². The van der Waals surface area contributed by atoms with Crippen LogP contribution in [0.3, 0.4) is 0 Å². The van der Waals surface area contributed by atoms with Crippen molar-refractivity contribution in [2.45, 2.75) is 12.8 Å². The normalized spacial score (nSPS) is 13.1. The van der Waals surface area contributed by atoms with Crippen molar-refractivity contribution in [2.75, 3.05) is 0 Å². The molecule has 0 spiro atoms. The molecule has 9 aromatic rings. The molecule has 1 aliphatic rings. The number of aromatic nitrogens is 4. The highest BCUT2D eigenvalue weighted by molar-refractivity contribution is 6.10. The molecule has 1 aliphatic carbocycles. The van der Waals surface area contributed by atoms with Gasteiger partial charge in [-0.3, -0.25) is 9.97 Å². The summed E-state index contributed by atoms with van der Waals surface area (Å²) < 4.78 is 4.73. The molecule has 10 rings (SSSR count). The van der Waals surface area contributed by atoms with E-state index in [-0.39, 0.29) is 0 Å². The van der Waals surface area contributed by atoms with Gasteiger partial charge < -0.3 is 9.13 Å². The number of para-hydroxylation sites is 2. The first-order valence-electron chi connectivity index (χ1n) is 17.2. The highest BCUT2D eigenvalue weighted by Crippen LogP contribution is 2.39. The summed E-state index contributed by atoms with van der Waals surface area (Å²) in [5.74, 6) is 0. The summed E-state index contributed by atoms with van der Waals surface area (Å²) in [5.41, 5.74) is 13.8. The second-order valence-electron chi connectivity index (χ2n) is 13.0. The van der Waals surface area contributed by atoms with Crippen LogP contribution in [-0.4, -0.2) is 19.1 Å². The van der Waals surface area contributed by atoms with Crippen LogP contribution in [0.25, 0.3) is 82.8 Å². The fraction of sp³-hybridized carbons (Fsp3) is 0.0435. The van der Waals surface area contributed by atoms with Crippen molar-refractivity contribution in [1.82, 2.24) is 19.1 Å². The predicted molar refractivity (Wildman–Crippen MR) is 208 cm³/mol. The quantitative estimate of drug-likeness (QED) is 0.188. The van der Waals surface area contributed by atoms with Crippen molar-refractivity contribution in [2.24, 2.45) is 0 Å². The molecule has 50 heavy (non-hydrogen) atoms. The van der Waals surface area contributed by atoms with Crippen molar-refractivity contribution in [1.29, 1.82) is 0 Å². The van der Waals surface area contributed by atoms with E-state index in [9.17, 15) is 0 Å². The summed E-state index contributed by atoms with van der Waals surface area (Å²) in [6, 6.07) is 46.3. The minimum atomic E-state index is 1.06. The molecule has 0 fully saturated rings. The van der Waals surface area contributed by atoms with E-state index in [1.165, 1.54) is 49.4 Å². The van der Waals surface area contributed by atoms with Crippen LogP contribution >= 0.6 is 0 Å². The van der Waals surface area contributed by atoms with Gasteiger partial charge in [-0.15, -0.1) is 0 Å². The number of nitrogens with zero attached hydrogens (tertiary/aromatic N) is 4. The van der Waals surface area contributed by atoms with Gasteiger partial charge in [0.25, 0.3) is 0 Å². The van der Waals surface area contributed by atoms with Crippen LogP contribution in [0.4, 0.5) is 0 Å². The molecule has 236 valence electrons. The Morgan fingerprint density at radius 2 is 0.940 bits per heavy atom. The number of rotatable bonds is 5. The average molecular weight is 641 g/mol. The van der Waals surface area contributed by atoms with E-state index in [1.54, 1.807) is 0 Å². The van der Waals surface area contributed by atoms with Crippen LogP contribution in [0.15, 0.2) is 170 Å². The lowest BCUT2D eigenvalue weighted by Crippen LogP contribution is -2.00. The summed E-state index contributed by atoms with van der Waals surface area (Å²) in [5, 5.41) is 4.80. The molecule has 0 amide bonds. The van der Waals surface area contributed by atoms with Crippen LogP contribution in [0.5, 0.6) is 0 Å². The molecular weight excluding hydrogens is 609 g/mol. The Morgan fingerprint density at radius 3 is 1.54 bits per heavy atom. The minimum absolute atomic E-state index is 1.06. The molecule has 0 radical (unpaired) electrons. The first-order valence-corrected chi connectivity index (χ1v) is 17.2. The first kappa shape index (κ1) is 28.5. The maximum atomic E-state index is 4.59. The smallest absolute Gasteiger partial charge is 0.0724 e. The summed E-state index contributed by atoms with van der Waals surface area (Å²) in [6.45, 7) is 0. The molecule has 5 aromatic carbocycles. The molecule has 4 heteroatoms. The molecule has 4 heterocycles. The molecule has 0 bridgehead atoms. The topological polar surface area (TPSA) is 35.6 Å². The lowest BCUT2D eigenvalue weighted by atomic mass is 9.91. The predicted octanol–water partition coefficient (Wildman–Crippen LogP) is 11.7. The molecule has 4 nitrogen and oxygen atoms in total. The van der Waals surface area contributed by atoms with E-state index in [0.29, 0.717) is 0 Å². The van der Waals surface area contributed by atoms with E-state index in [1.807, 2.05) is 24.8 Å². The third-order valence-corrected chi connectivity index (χ3v) is 10.1. The second-order valence-corrected chi connectivity index (χ2v) is 13.0. The summed E-state index contributed by atoms with van der Waals surface area (Å²) in [4.78, 5) is 9.18. The van der Waals surface area contributed by atoms with Crippen LogP contribution in [0.2, 0.25) is 0 Å². The number of benzene rings is 5. The van der Waals surface area contributed by atoms with Gasteiger partial charge in [0, 0.05) is 45.3 Å². The minimum Gasteiger partial charge on any atom is -0.308 e. The zero-order valence-corrected chi connectivity index (χ0v) is 27.4. The lowest BCUT2D eigenvalue weighted by molar-refractivity contribution is 1.04. The second kappa shape index (κ2) is 11.6. The molecule has 0 N–H and O–H groups in total. The van der Waals surface area contributed by atoms with E-state index < -0.39 is 0 Å². The number of fused-ring (bicyclic) bond motifs is 6. The third kappa shape index (κ3) is 4.61. The van der Waals surface area contributed by atoms with Crippen molar-refractivity contribution >= 4 is 49.2 Å². The lowest BCUT2D eigenvalue weighted by Gasteiger charge is -2.17. The zero-order valence-electron chi connectivity index (χ0n) is 27.4. The van der Waals surface area contributed by atoms with Gasteiger partial charge in [0.05, 0.1) is 34.5 Å². The Bertz CT molecular complexity index is 2580. The van der Waals surface area contributed by atoms with Crippen molar-refractivity contribution in [3.8, 4) is 33.6 Å². The number of hydrogen-bond donors (Lipinski definition) is 0. The molecule has 0 saturated heterocycles. The monoisotopic (exact) mass is 640 g/mol. The zero-order chi connectivity index (χ0) is 33.0. The SMILES string of the molecule is C1=CC(c2cc(-c3ccccc3)cc(-c3cc(-n4c5ccccc5c5ccncc54)cc(-n4c5ccccc5c5ccncc54)c3)c2)=CCC1. The Labute approximate surface area is 289 Å². The average Bonchev–Trinajstić information content (AvgIpc) is 3.71. The van der Waals surface area contributed by atoms with E-state index in [2.05, 4.69) is 165 Å². The van der Waals surface area contributed by atoms with Gasteiger partial charge in [0.15, 0.2) is 0 Å². The fourth-order valence-corrected chi connectivity index (χ4v) is 7.80. The summed E-state index contributed by atoms with van der Waals surface area (Å²) in [6.07, 6.45) is 16.8. The number of hydrogen-bond acceptors (Lipinski definition) is 2. The molecule has 0 saturated carbocycles. The number of allylic oxidation sites excluding steroid dienone is 4. The standard InChI is InChI=1S/C46H32N4/c1-3-11-31(12-4-1)33-23-34(32-13-5-2-6-14-32)25-35(24-33)36-26-37(49-43-17-9-7-15-39(43)41-19-21-47-29-45(41)49)28-38(27-36)50-44-18-10-8-16-40(44)42-20-22-48-30-46(42)50/h1,3-5,7-30H,2,6H2. The Hall–Kier alpha value is -6.52. The van der Waals surface area contributed by atoms with Crippen LogP contribution in [-0.2, 0) is 0 Å². The number of pyridine rings is 2. The van der Waals surface area contributed by atoms with Crippen molar-refractivity contribution < 1.29 is 0 Å². The Kier molecular flexibility index (Phi) is 6.59. The van der Waals surface area contributed by atoms with E-state index >= 15 is 0 Å². The van der Waals surface area contributed by atoms with Crippen LogP contribution in [0.1, 0.15) is 18.4 Å². The maximum Gasteiger partial charge on any atom is 0.0724 e. The highest BCUT2D eigenvalue weighted by Gasteiger charge is 2.18. The van der Waals surface area contributed by atoms with E-state index in [0.717, 1.165) is 51.8 Å². The van der Waals surface area contributed by atoms with Gasteiger partial charge in [-0.2, -0.15) is 0 Å². The van der Waals surface area contributed by atoms with Crippen molar-refractivity contribution in [3.05, 3.63) is 176 Å². The van der Waals surface area contributed by atoms with Crippen LogP contribution < -0.4 is 0 Å². The molecule has 4 aromatic heterocycles. The Balaban J connectivity index is 1.30. The third-order valence-electron chi connectivity index (χ3n) is 10.1. The maximum absolute atomic E-state index is 4.59. The van der Waals surface area contributed by atoms with E-state index in [4.69, 9.17) is 0 Å². The summed E-state index contributed by atoms with van der Waals surface area (Å²) >= 11 is 0. The molecule has 0 unspecified atom stereocenters. The van der Waals surface area contributed by atoms with Gasteiger partial charge in [-0.05, 0) is 107 Å². The molecule has 0 atom stereocenters. The Morgan fingerprint density at radius 1 is 0.420 bits per heavy atom. The molecule has 0 aliphatic heterocycles. The van der Waals surface area contributed by atoms with Gasteiger partial charge in [-0.1, -0.05) is 85.0 Å². The van der Waals surface area contributed by atoms with Gasteiger partial charge >= 0.3 is 0 Å². The fourth-order valence-electron chi connectivity index (χ4n) is 7.80.